The number of urea groups is 1. The van der Waals surface area contributed by atoms with E-state index in [4.69, 9.17) is 4.74 Å². The maximum absolute atomic E-state index is 12.1. The lowest BCUT2D eigenvalue weighted by molar-refractivity contribution is 0.219. The van der Waals surface area contributed by atoms with Crippen LogP contribution in [0.15, 0.2) is 24.3 Å². The number of carbonyl (C=O) groups is 1. The summed E-state index contributed by atoms with van der Waals surface area (Å²) in [5.74, 6) is 1.90. The van der Waals surface area contributed by atoms with Gasteiger partial charge in [-0.25, -0.2) is 9.78 Å². The Morgan fingerprint density at radius 3 is 2.85 bits per heavy atom. The van der Waals surface area contributed by atoms with Gasteiger partial charge in [0.2, 0.25) is 0 Å². The van der Waals surface area contributed by atoms with Gasteiger partial charge in [0, 0.05) is 7.05 Å². The lowest BCUT2D eigenvalue weighted by Gasteiger charge is -2.17. The van der Waals surface area contributed by atoms with Crippen LogP contribution in [0.3, 0.4) is 0 Å². The second-order valence-corrected chi connectivity index (χ2v) is 4.32. The van der Waals surface area contributed by atoms with E-state index < -0.39 is 0 Å². The van der Waals surface area contributed by atoms with Crippen LogP contribution in [0.4, 0.5) is 10.5 Å². The van der Waals surface area contributed by atoms with Gasteiger partial charge in [-0.15, -0.1) is 0 Å². The molecule has 0 aliphatic rings. The second kappa shape index (κ2) is 6.05. The number of H-pyrrole nitrogens is 1. The van der Waals surface area contributed by atoms with Gasteiger partial charge >= 0.3 is 6.03 Å². The fourth-order valence-electron chi connectivity index (χ4n) is 1.70. The molecule has 1 aromatic heterocycles. The summed E-state index contributed by atoms with van der Waals surface area (Å²) >= 11 is 0. The van der Waals surface area contributed by atoms with Crippen LogP contribution in [0, 0.1) is 6.92 Å². The highest BCUT2D eigenvalue weighted by molar-refractivity contribution is 5.90. The predicted molar refractivity (Wildman–Crippen MR) is 74.6 cm³/mol. The number of aromatic nitrogens is 3. The highest BCUT2D eigenvalue weighted by Crippen LogP contribution is 2.23. The average molecular weight is 275 g/mol. The van der Waals surface area contributed by atoms with Crippen LogP contribution < -0.4 is 10.1 Å². The predicted octanol–water partition coefficient (Wildman–Crippen LogP) is 1.79. The monoisotopic (exact) mass is 275 g/mol. The number of nitrogens with zero attached hydrogens (tertiary/aromatic N) is 3. The third-order valence-electron chi connectivity index (χ3n) is 2.72. The number of rotatable bonds is 4. The van der Waals surface area contributed by atoms with Gasteiger partial charge in [-0.2, -0.15) is 5.10 Å². The SMILES string of the molecule is COc1ccccc1NC(=O)N(C)Cc1n[nH]c(C)n1. The number of aryl methyl sites for hydroxylation is 1. The van der Waals surface area contributed by atoms with Gasteiger partial charge in [0.25, 0.3) is 0 Å². The summed E-state index contributed by atoms with van der Waals surface area (Å²) in [4.78, 5) is 17.7. The van der Waals surface area contributed by atoms with E-state index in [-0.39, 0.29) is 6.03 Å². The molecule has 1 aromatic carbocycles. The number of aromatic amines is 1. The third-order valence-corrected chi connectivity index (χ3v) is 2.72. The van der Waals surface area contributed by atoms with Gasteiger partial charge in [0.05, 0.1) is 19.3 Å². The van der Waals surface area contributed by atoms with Crippen LogP contribution in [0.2, 0.25) is 0 Å². The largest absolute Gasteiger partial charge is 0.495 e. The van der Waals surface area contributed by atoms with Gasteiger partial charge in [-0.1, -0.05) is 12.1 Å². The quantitative estimate of drug-likeness (QED) is 0.891. The van der Waals surface area contributed by atoms with E-state index in [1.165, 1.54) is 4.90 Å². The van der Waals surface area contributed by atoms with Crippen molar-refractivity contribution in [1.82, 2.24) is 20.1 Å². The summed E-state index contributed by atoms with van der Waals surface area (Å²) in [5, 5.41) is 9.52. The molecule has 0 fully saturated rings. The Bertz CT molecular complexity index is 596. The molecular formula is C13H17N5O2. The summed E-state index contributed by atoms with van der Waals surface area (Å²) < 4.78 is 5.18. The topological polar surface area (TPSA) is 83.1 Å². The fraction of sp³-hybridized carbons (Fsp3) is 0.308. The molecule has 1 heterocycles. The third kappa shape index (κ3) is 3.25. The van der Waals surface area contributed by atoms with Crippen molar-refractivity contribution in [2.24, 2.45) is 0 Å². The Morgan fingerprint density at radius 2 is 2.20 bits per heavy atom. The molecule has 0 spiro atoms. The molecule has 2 rings (SSSR count). The minimum atomic E-state index is -0.253. The Kier molecular flexibility index (Phi) is 4.19. The molecule has 2 N–H and O–H groups in total. The molecule has 0 aliphatic heterocycles. The normalized spacial score (nSPS) is 10.2. The maximum atomic E-state index is 12.1. The van der Waals surface area contributed by atoms with E-state index >= 15 is 0 Å². The van der Waals surface area contributed by atoms with Crippen LogP contribution in [-0.2, 0) is 6.54 Å². The molecule has 2 amide bonds. The number of hydrogen-bond acceptors (Lipinski definition) is 4. The van der Waals surface area contributed by atoms with Gasteiger partial charge in [0.15, 0.2) is 5.82 Å². The van der Waals surface area contributed by atoms with Crippen molar-refractivity contribution < 1.29 is 9.53 Å². The summed E-state index contributed by atoms with van der Waals surface area (Å²) in [6.07, 6.45) is 0. The van der Waals surface area contributed by atoms with Crippen molar-refractivity contribution in [3.05, 3.63) is 35.9 Å². The number of hydrogen-bond donors (Lipinski definition) is 2. The van der Waals surface area contributed by atoms with E-state index in [0.717, 1.165) is 5.82 Å². The molecule has 0 aliphatic carbocycles. The van der Waals surface area contributed by atoms with Crippen molar-refractivity contribution in [2.45, 2.75) is 13.5 Å². The molecule has 0 unspecified atom stereocenters. The molecule has 0 saturated heterocycles. The Labute approximate surface area is 117 Å². The number of nitrogens with one attached hydrogen (secondary N) is 2. The summed E-state index contributed by atoms with van der Waals surface area (Å²) in [7, 11) is 3.24. The number of para-hydroxylation sites is 2. The fourth-order valence-corrected chi connectivity index (χ4v) is 1.70. The van der Waals surface area contributed by atoms with Gasteiger partial charge < -0.3 is 15.0 Å². The summed E-state index contributed by atoms with van der Waals surface area (Å²) in [6.45, 7) is 2.14. The molecule has 0 bridgehead atoms. The minimum absolute atomic E-state index is 0.253. The Morgan fingerprint density at radius 1 is 1.45 bits per heavy atom. The zero-order chi connectivity index (χ0) is 14.5. The lowest BCUT2D eigenvalue weighted by atomic mass is 10.3. The smallest absolute Gasteiger partial charge is 0.322 e. The van der Waals surface area contributed by atoms with Crippen LogP contribution in [0.25, 0.3) is 0 Å². The first-order valence-corrected chi connectivity index (χ1v) is 6.13. The first kappa shape index (κ1) is 13.9. The molecule has 2 aromatic rings. The first-order valence-electron chi connectivity index (χ1n) is 6.13. The molecule has 0 saturated carbocycles. The number of methoxy groups -OCH3 is 1. The molecule has 20 heavy (non-hydrogen) atoms. The lowest BCUT2D eigenvalue weighted by Crippen LogP contribution is -2.31. The van der Waals surface area contributed by atoms with Crippen molar-refractivity contribution in [2.75, 3.05) is 19.5 Å². The number of ether oxygens (including phenoxy) is 1. The number of benzene rings is 1. The Balaban J connectivity index is 2.00. The van der Waals surface area contributed by atoms with Crippen LogP contribution in [0.1, 0.15) is 11.6 Å². The van der Waals surface area contributed by atoms with E-state index in [1.54, 1.807) is 26.3 Å². The second-order valence-electron chi connectivity index (χ2n) is 4.32. The molecular weight excluding hydrogens is 258 g/mol. The Hall–Kier alpha value is -2.57. The van der Waals surface area contributed by atoms with Crippen molar-refractivity contribution in [3.63, 3.8) is 0 Å². The van der Waals surface area contributed by atoms with Crippen molar-refractivity contribution >= 4 is 11.7 Å². The van der Waals surface area contributed by atoms with Crippen LogP contribution in [0.5, 0.6) is 5.75 Å². The number of amides is 2. The maximum Gasteiger partial charge on any atom is 0.322 e. The number of anilines is 1. The van der Waals surface area contributed by atoms with Gasteiger partial charge in [0.1, 0.15) is 11.6 Å². The van der Waals surface area contributed by atoms with Crippen molar-refractivity contribution in [3.8, 4) is 5.75 Å². The van der Waals surface area contributed by atoms with Crippen LogP contribution in [-0.4, -0.2) is 40.3 Å². The van der Waals surface area contributed by atoms with Gasteiger partial charge in [-0.3, -0.25) is 5.10 Å². The summed E-state index contributed by atoms with van der Waals surface area (Å²) in [5.41, 5.74) is 0.623. The van der Waals surface area contributed by atoms with E-state index in [0.29, 0.717) is 23.8 Å². The molecule has 106 valence electrons. The molecule has 0 atom stereocenters. The highest BCUT2D eigenvalue weighted by Gasteiger charge is 2.13. The van der Waals surface area contributed by atoms with E-state index in [1.807, 2.05) is 19.1 Å². The average Bonchev–Trinajstić information content (AvgIpc) is 2.84. The van der Waals surface area contributed by atoms with Crippen LogP contribution >= 0.6 is 0 Å². The van der Waals surface area contributed by atoms with Gasteiger partial charge in [-0.05, 0) is 19.1 Å². The minimum Gasteiger partial charge on any atom is -0.495 e. The highest BCUT2D eigenvalue weighted by atomic mass is 16.5. The van der Waals surface area contributed by atoms with E-state index in [9.17, 15) is 4.79 Å². The standard InChI is InChI=1S/C13H17N5O2/c1-9-14-12(17-16-9)8-18(2)13(19)15-10-6-4-5-7-11(10)20-3/h4-7H,8H2,1-3H3,(H,15,19)(H,14,16,17). The zero-order valence-corrected chi connectivity index (χ0v) is 11.7. The zero-order valence-electron chi connectivity index (χ0n) is 11.7. The summed E-state index contributed by atoms with van der Waals surface area (Å²) in [6, 6.07) is 6.98. The number of carbonyl (C=O) groups excluding carboxylic acids is 1. The van der Waals surface area contributed by atoms with E-state index in [2.05, 4.69) is 20.5 Å². The molecule has 7 heteroatoms. The first-order chi connectivity index (χ1) is 9.60. The molecule has 0 radical (unpaired) electrons. The van der Waals surface area contributed by atoms with Crippen molar-refractivity contribution in [1.29, 1.82) is 0 Å². The molecule has 7 nitrogen and oxygen atoms in total.